The molecule has 0 bridgehead atoms. The average Bonchev–Trinajstić information content (AvgIpc) is 3.09. The van der Waals surface area contributed by atoms with Crippen LogP contribution in [-0.4, -0.2) is 41.5 Å². The normalized spacial score (nSPS) is 13.7. The van der Waals surface area contributed by atoms with E-state index in [1.165, 1.54) is 0 Å². The van der Waals surface area contributed by atoms with Gasteiger partial charge in [-0.15, -0.1) is 0 Å². The minimum atomic E-state index is -0.320. The first-order chi connectivity index (χ1) is 15.6. The van der Waals surface area contributed by atoms with Gasteiger partial charge in [0.1, 0.15) is 5.75 Å². The van der Waals surface area contributed by atoms with Crippen molar-refractivity contribution < 1.29 is 14.3 Å². The Morgan fingerprint density at radius 2 is 1.69 bits per heavy atom. The van der Waals surface area contributed by atoms with Crippen LogP contribution in [-0.2, 0) is 0 Å². The molecule has 7 heteroatoms. The molecule has 1 aliphatic rings. The van der Waals surface area contributed by atoms with Gasteiger partial charge in [0.15, 0.2) is 5.11 Å². The van der Waals surface area contributed by atoms with Gasteiger partial charge in [0, 0.05) is 18.7 Å². The molecule has 32 heavy (non-hydrogen) atoms. The van der Waals surface area contributed by atoms with Gasteiger partial charge < -0.3 is 15.0 Å². The number of ether oxygens (including phenoxy) is 1. The fourth-order valence-electron chi connectivity index (χ4n) is 3.59. The smallest absolute Gasteiger partial charge is 0.257 e. The van der Waals surface area contributed by atoms with Gasteiger partial charge in [0.2, 0.25) is 0 Å². The highest BCUT2D eigenvalue weighted by Crippen LogP contribution is 2.20. The standard InChI is InChI=1S/C25H31N3O3S/c1-2-3-18-31-20-14-12-19(13-15-20)23(29)27-25(32)26-22-11-7-6-10-21(22)24(30)28-16-8-4-5-9-17-28/h6-7,10-15H,2-5,8-9,16-18H2,1H3,(H2,26,27,29,32). The van der Waals surface area contributed by atoms with Crippen LogP contribution in [0.4, 0.5) is 5.69 Å². The fraction of sp³-hybridized carbons (Fsp3) is 0.400. The summed E-state index contributed by atoms with van der Waals surface area (Å²) in [5.74, 6) is 0.401. The van der Waals surface area contributed by atoms with E-state index in [1.807, 2.05) is 17.0 Å². The van der Waals surface area contributed by atoms with Gasteiger partial charge in [0.25, 0.3) is 11.8 Å². The van der Waals surface area contributed by atoms with E-state index in [-0.39, 0.29) is 16.9 Å². The molecule has 3 rings (SSSR count). The van der Waals surface area contributed by atoms with Gasteiger partial charge >= 0.3 is 0 Å². The highest BCUT2D eigenvalue weighted by Gasteiger charge is 2.20. The number of anilines is 1. The quantitative estimate of drug-likeness (QED) is 0.456. The van der Waals surface area contributed by atoms with E-state index < -0.39 is 0 Å². The van der Waals surface area contributed by atoms with Gasteiger partial charge in [0.05, 0.1) is 17.9 Å². The molecule has 2 N–H and O–H groups in total. The lowest BCUT2D eigenvalue weighted by Gasteiger charge is -2.22. The Labute approximate surface area is 195 Å². The Hall–Kier alpha value is -2.93. The zero-order chi connectivity index (χ0) is 22.8. The molecule has 0 atom stereocenters. The summed E-state index contributed by atoms with van der Waals surface area (Å²) in [5, 5.41) is 5.86. The van der Waals surface area contributed by atoms with Crippen molar-refractivity contribution in [1.82, 2.24) is 10.2 Å². The SMILES string of the molecule is CCCCOc1ccc(C(=O)NC(=S)Nc2ccccc2C(=O)N2CCCCCC2)cc1. The molecule has 1 aliphatic heterocycles. The largest absolute Gasteiger partial charge is 0.494 e. The summed E-state index contributed by atoms with van der Waals surface area (Å²) in [6.07, 6.45) is 6.43. The van der Waals surface area contributed by atoms with Crippen LogP contribution in [0.25, 0.3) is 0 Å². The molecule has 2 aromatic carbocycles. The van der Waals surface area contributed by atoms with Gasteiger partial charge in [-0.3, -0.25) is 14.9 Å². The summed E-state index contributed by atoms with van der Waals surface area (Å²) < 4.78 is 5.63. The monoisotopic (exact) mass is 453 g/mol. The Kier molecular flexibility index (Phi) is 9.04. The predicted molar refractivity (Wildman–Crippen MR) is 131 cm³/mol. The summed E-state index contributed by atoms with van der Waals surface area (Å²) in [6, 6.07) is 14.2. The fourth-order valence-corrected chi connectivity index (χ4v) is 3.79. The molecule has 1 heterocycles. The highest BCUT2D eigenvalue weighted by molar-refractivity contribution is 7.80. The number of carbonyl (C=O) groups is 2. The first-order valence-corrected chi connectivity index (χ1v) is 11.7. The molecule has 2 amide bonds. The molecular weight excluding hydrogens is 422 g/mol. The minimum absolute atomic E-state index is 0.0113. The molecule has 0 unspecified atom stereocenters. The van der Waals surface area contributed by atoms with Gasteiger partial charge in [-0.1, -0.05) is 38.3 Å². The predicted octanol–water partition coefficient (Wildman–Crippen LogP) is 5.01. The molecular formula is C25H31N3O3S. The number of thiocarbonyl (C=S) groups is 1. The summed E-state index contributed by atoms with van der Waals surface area (Å²) >= 11 is 5.34. The average molecular weight is 454 g/mol. The number of unbranched alkanes of at least 4 members (excludes halogenated alkanes) is 1. The number of rotatable bonds is 7. The van der Waals surface area contributed by atoms with Gasteiger partial charge in [-0.25, -0.2) is 0 Å². The summed E-state index contributed by atoms with van der Waals surface area (Å²) in [6.45, 7) is 4.31. The van der Waals surface area contributed by atoms with Crippen LogP contribution < -0.4 is 15.4 Å². The number of hydrogen-bond acceptors (Lipinski definition) is 4. The molecule has 0 radical (unpaired) electrons. The molecule has 0 aliphatic carbocycles. The van der Waals surface area contributed by atoms with Crippen molar-refractivity contribution in [1.29, 1.82) is 0 Å². The molecule has 6 nitrogen and oxygen atoms in total. The van der Waals surface area contributed by atoms with Crippen molar-refractivity contribution >= 4 is 34.8 Å². The lowest BCUT2D eigenvalue weighted by Crippen LogP contribution is -2.36. The van der Waals surface area contributed by atoms with E-state index in [4.69, 9.17) is 17.0 Å². The summed E-state index contributed by atoms with van der Waals surface area (Å²) in [4.78, 5) is 27.5. The first kappa shape index (κ1) is 23.7. The topological polar surface area (TPSA) is 70.7 Å². The third-order valence-electron chi connectivity index (χ3n) is 5.41. The van der Waals surface area contributed by atoms with Crippen LogP contribution in [0.1, 0.15) is 66.2 Å². The molecule has 170 valence electrons. The molecule has 2 aromatic rings. The minimum Gasteiger partial charge on any atom is -0.494 e. The molecule has 1 fully saturated rings. The third kappa shape index (κ3) is 6.79. The van der Waals surface area contributed by atoms with Crippen LogP contribution in [0.3, 0.4) is 0 Å². The molecule has 1 saturated heterocycles. The Bertz CT molecular complexity index is 922. The molecule has 0 aromatic heterocycles. The summed E-state index contributed by atoms with van der Waals surface area (Å²) in [5.41, 5.74) is 1.62. The maximum absolute atomic E-state index is 13.1. The number of hydrogen-bond donors (Lipinski definition) is 2. The van der Waals surface area contributed by atoms with E-state index in [0.717, 1.165) is 57.4 Å². The maximum atomic E-state index is 13.1. The number of likely N-dealkylation sites (tertiary alicyclic amines) is 1. The van der Waals surface area contributed by atoms with Gasteiger partial charge in [-0.2, -0.15) is 0 Å². The second-order valence-electron chi connectivity index (χ2n) is 7.89. The second kappa shape index (κ2) is 12.2. The number of nitrogens with zero attached hydrogens (tertiary/aromatic N) is 1. The number of para-hydroxylation sites is 1. The van der Waals surface area contributed by atoms with Crippen LogP contribution in [0.5, 0.6) is 5.75 Å². The third-order valence-corrected chi connectivity index (χ3v) is 5.61. The van der Waals surface area contributed by atoms with E-state index in [0.29, 0.717) is 23.4 Å². The number of amides is 2. The maximum Gasteiger partial charge on any atom is 0.257 e. The van der Waals surface area contributed by atoms with Gasteiger partial charge in [-0.05, 0) is 67.9 Å². The Balaban J connectivity index is 1.60. The highest BCUT2D eigenvalue weighted by atomic mass is 32.1. The van der Waals surface area contributed by atoms with E-state index in [2.05, 4.69) is 17.6 Å². The number of carbonyl (C=O) groups excluding carboxylic acids is 2. The molecule has 0 saturated carbocycles. The van der Waals surface area contributed by atoms with Crippen molar-refractivity contribution in [2.24, 2.45) is 0 Å². The number of nitrogens with one attached hydrogen (secondary N) is 2. The van der Waals surface area contributed by atoms with Crippen molar-refractivity contribution in [3.05, 3.63) is 59.7 Å². The van der Waals surface area contributed by atoms with E-state index >= 15 is 0 Å². The first-order valence-electron chi connectivity index (χ1n) is 11.3. The van der Waals surface area contributed by atoms with Crippen LogP contribution in [0.2, 0.25) is 0 Å². The van der Waals surface area contributed by atoms with Crippen LogP contribution >= 0.6 is 12.2 Å². The van der Waals surface area contributed by atoms with Crippen LogP contribution in [0.15, 0.2) is 48.5 Å². The Morgan fingerprint density at radius 1 is 1.00 bits per heavy atom. The number of benzene rings is 2. The zero-order valence-electron chi connectivity index (χ0n) is 18.6. The lowest BCUT2D eigenvalue weighted by atomic mass is 10.1. The lowest BCUT2D eigenvalue weighted by molar-refractivity contribution is 0.0762. The van der Waals surface area contributed by atoms with E-state index in [1.54, 1.807) is 36.4 Å². The van der Waals surface area contributed by atoms with Crippen molar-refractivity contribution in [3.63, 3.8) is 0 Å². The van der Waals surface area contributed by atoms with Crippen molar-refractivity contribution in [3.8, 4) is 5.75 Å². The zero-order valence-corrected chi connectivity index (χ0v) is 19.4. The van der Waals surface area contributed by atoms with Crippen molar-refractivity contribution in [2.45, 2.75) is 45.4 Å². The van der Waals surface area contributed by atoms with Crippen LogP contribution in [0, 0.1) is 0 Å². The molecule has 0 spiro atoms. The summed E-state index contributed by atoms with van der Waals surface area (Å²) in [7, 11) is 0. The second-order valence-corrected chi connectivity index (χ2v) is 8.29. The van der Waals surface area contributed by atoms with Crippen molar-refractivity contribution in [2.75, 3.05) is 25.0 Å². The Morgan fingerprint density at radius 3 is 2.38 bits per heavy atom. The van der Waals surface area contributed by atoms with E-state index in [9.17, 15) is 9.59 Å².